The van der Waals surface area contributed by atoms with Crippen molar-refractivity contribution in [2.45, 2.75) is 31.7 Å². The Morgan fingerprint density at radius 1 is 1.27 bits per heavy atom. The second kappa shape index (κ2) is 8.00. The Morgan fingerprint density at radius 3 is 2.55 bits per heavy atom. The average molecular weight is 408 g/mol. The summed E-state index contributed by atoms with van der Waals surface area (Å²) in [6.07, 6.45) is 4.86. The van der Waals surface area contributed by atoms with Crippen molar-refractivity contribution in [1.82, 2.24) is 10.2 Å². The van der Waals surface area contributed by atoms with E-state index in [1.165, 1.54) is 12.8 Å². The molecule has 22 heavy (non-hydrogen) atoms. The largest absolute Gasteiger partial charge is 0.338 e. The molecule has 0 bridgehead atoms. The van der Waals surface area contributed by atoms with Crippen LogP contribution in [0.2, 0.25) is 5.02 Å². The van der Waals surface area contributed by atoms with Gasteiger partial charge >= 0.3 is 0 Å². The van der Waals surface area contributed by atoms with Crippen molar-refractivity contribution in [1.29, 1.82) is 0 Å². The van der Waals surface area contributed by atoms with Gasteiger partial charge in [-0.15, -0.1) is 12.4 Å². The second-order valence-corrected chi connectivity index (χ2v) is 7.33. The Balaban J connectivity index is 0.00000176. The number of halogens is 3. The molecule has 3 rings (SSSR count). The Morgan fingerprint density at radius 2 is 1.95 bits per heavy atom. The molecule has 1 N–H and O–H groups in total. The number of piperidine rings is 1. The van der Waals surface area contributed by atoms with Crippen LogP contribution in [-0.2, 0) is 0 Å². The molecule has 2 aliphatic rings. The van der Waals surface area contributed by atoms with E-state index < -0.39 is 0 Å². The number of rotatable bonds is 4. The van der Waals surface area contributed by atoms with Crippen molar-refractivity contribution < 1.29 is 4.79 Å². The molecule has 2 fully saturated rings. The number of likely N-dealkylation sites (tertiary alicyclic amines) is 1. The Bertz CT molecular complexity index is 529. The summed E-state index contributed by atoms with van der Waals surface area (Å²) in [6, 6.07) is 5.91. The first kappa shape index (κ1) is 18.1. The molecule has 1 aromatic rings. The molecule has 3 nitrogen and oxygen atoms in total. The van der Waals surface area contributed by atoms with Crippen molar-refractivity contribution in [3.63, 3.8) is 0 Å². The standard InChI is InChI=1S/C16H20BrClN2O.ClH/c17-15-9-12(18)3-4-14(15)16(21)20-7-5-13(6-8-20)19-10-11-1-2-11;/h3-4,9,11,13,19H,1-2,5-8,10H2;1H. The van der Waals surface area contributed by atoms with E-state index in [9.17, 15) is 4.79 Å². The summed E-state index contributed by atoms with van der Waals surface area (Å²) >= 11 is 9.36. The molecule has 0 radical (unpaired) electrons. The van der Waals surface area contributed by atoms with Gasteiger partial charge in [0.1, 0.15) is 0 Å². The van der Waals surface area contributed by atoms with Gasteiger partial charge in [-0.3, -0.25) is 4.79 Å². The summed E-state index contributed by atoms with van der Waals surface area (Å²) in [6.45, 7) is 2.81. The average Bonchev–Trinajstić information content (AvgIpc) is 3.29. The quantitative estimate of drug-likeness (QED) is 0.813. The van der Waals surface area contributed by atoms with Crippen LogP contribution in [0.3, 0.4) is 0 Å². The molecule has 122 valence electrons. The van der Waals surface area contributed by atoms with Crippen LogP contribution in [0.1, 0.15) is 36.0 Å². The second-order valence-electron chi connectivity index (χ2n) is 6.04. The Labute approximate surface area is 151 Å². The first-order valence-corrected chi connectivity index (χ1v) is 8.78. The van der Waals surface area contributed by atoms with Crippen LogP contribution in [-0.4, -0.2) is 36.5 Å². The number of nitrogens with zero attached hydrogens (tertiary/aromatic N) is 1. The number of hydrogen-bond acceptors (Lipinski definition) is 2. The van der Waals surface area contributed by atoms with Crippen LogP contribution in [0.15, 0.2) is 22.7 Å². The molecule has 1 saturated carbocycles. The van der Waals surface area contributed by atoms with E-state index in [-0.39, 0.29) is 18.3 Å². The fourth-order valence-electron chi connectivity index (χ4n) is 2.78. The van der Waals surface area contributed by atoms with E-state index in [1.807, 2.05) is 4.90 Å². The molecule has 6 heteroatoms. The summed E-state index contributed by atoms with van der Waals surface area (Å²) < 4.78 is 0.772. The molecule has 0 atom stereocenters. The van der Waals surface area contributed by atoms with E-state index in [4.69, 9.17) is 11.6 Å². The third-order valence-corrected chi connectivity index (χ3v) is 5.23. The third kappa shape index (κ3) is 4.60. The fraction of sp³-hybridized carbons (Fsp3) is 0.562. The molecule has 1 aliphatic carbocycles. The smallest absolute Gasteiger partial charge is 0.255 e. The Kier molecular flexibility index (Phi) is 6.57. The van der Waals surface area contributed by atoms with E-state index in [0.29, 0.717) is 16.6 Å². The van der Waals surface area contributed by atoms with Gasteiger partial charge in [0.05, 0.1) is 5.56 Å². The van der Waals surface area contributed by atoms with E-state index >= 15 is 0 Å². The van der Waals surface area contributed by atoms with Gasteiger partial charge in [-0.2, -0.15) is 0 Å². The number of hydrogen-bond donors (Lipinski definition) is 1. The zero-order valence-electron chi connectivity index (χ0n) is 12.4. The minimum absolute atomic E-state index is 0. The van der Waals surface area contributed by atoms with Crippen molar-refractivity contribution >= 4 is 45.8 Å². The van der Waals surface area contributed by atoms with Crippen molar-refractivity contribution in [2.75, 3.05) is 19.6 Å². The lowest BCUT2D eigenvalue weighted by molar-refractivity contribution is 0.0704. The number of amides is 1. The molecule has 1 aliphatic heterocycles. The summed E-state index contributed by atoms with van der Waals surface area (Å²) in [5.41, 5.74) is 0.698. The monoisotopic (exact) mass is 406 g/mol. The highest BCUT2D eigenvalue weighted by molar-refractivity contribution is 9.10. The maximum atomic E-state index is 12.5. The van der Waals surface area contributed by atoms with Crippen LogP contribution < -0.4 is 5.32 Å². The topological polar surface area (TPSA) is 32.3 Å². The van der Waals surface area contributed by atoms with Gasteiger partial charge < -0.3 is 10.2 Å². The number of carbonyl (C=O) groups is 1. The number of nitrogens with one attached hydrogen (secondary N) is 1. The number of carbonyl (C=O) groups excluding carboxylic acids is 1. The van der Waals surface area contributed by atoms with Crippen LogP contribution in [0.25, 0.3) is 0 Å². The van der Waals surface area contributed by atoms with Crippen LogP contribution >= 0.6 is 39.9 Å². The first-order chi connectivity index (χ1) is 10.1. The minimum Gasteiger partial charge on any atom is -0.338 e. The third-order valence-electron chi connectivity index (χ3n) is 4.34. The summed E-state index contributed by atoms with van der Waals surface area (Å²) in [5, 5.41) is 4.28. The highest BCUT2D eigenvalue weighted by Crippen LogP contribution is 2.28. The summed E-state index contributed by atoms with van der Waals surface area (Å²) in [5.74, 6) is 1.01. The zero-order valence-corrected chi connectivity index (χ0v) is 15.5. The molecule has 0 aromatic heterocycles. The first-order valence-electron chi connectivity index (χ1n) is 7.61. The molecule has 1 saturated heterocycles. The molecule has 1 amide bonds. The van der Waals surface area contributed by atoms with Gasteiger partial charge in [0, 0.05) is 28.6 Å². The van der Waals surface area contributed by atoms with Gasteiger partial charge in [-0.05, 0) is 72.3 Å². The maximum absolute atomic E-state index is 12.5. The highest BCUT2D eigenvalue weighted by Gasteiger charge is 2.26. The summed E-state index contributed by atoms with van der Waals surface area (Å²) in [4.78, 5) is 14.5. The van der Waals surface area contributed by atoms with Gasteiger partial charge in [-0.25, -0.2) is 0 Å². The highest BCUT2D eigenvalue weighted by atomic mass is 79.9. The lowest BCUT2D eigenvalue weighted by Gasteiger charge is -2.32. The molecule has 0 unspecified atom stereocenters. The van der Waals surface area contributed by atoms with Gasteiger partial charge in [0.25, 0.3) is 5.91 Å². The fourth-order valence-corrected chi connectivity index (χ4v) is 3.63. The predicted molar refractivity (Wildman–Crippen MR) is 96.1 cm³/mol. The van der Waals surface area contributed by atoms with E-state index in [1.54, 1.807) is 18.2 Å². The van der Waals surface area contributed by atoms with Crippen LogP contribution in [0, 0.1) is 5.92 Å². The minimum atomic E-state index is 0. The maximum Gasteiger partial charge on any atom is 0.255 e. The molecule has 0 spiro atoms. The molecular formula is C16H21BrCl2N2O. The lowest BCUT2D eigenvalue weighted by Crippen LogP contribution is -2.45. The SMILES string of the molecule is Cl.O=C(c1ccc(Cl)cc1Br)N1CCC(NCC2CC2)CC1. The van der Waals surface area contributed by atoms with Crippen molar-refractivity contribution in [2.24, 2.45) is 5.92 Å². The van der Waals surface area contributed by atoms with Crippen LogP contribution in [0.4, 0.5) is 0 Å². The normalized spacial score (nSPS) is 18.9. The van der Waals surface area contributed by atoms with Gasteiger partial charge in [-0.1, -0.05) is 11.6 Å². The lowest BCUT2D eigenvalue weighted by atomic mass is 10.0. The predicted octanol–water partition coefficient (Wildman–Crippen LogP) is 4.13. The van der Waals surface area contributed by atoms with Crippen LogP contribution in [0.5, 0.6) is 0 Å². The van der Waals surface area contributed by atoms with Crippen molar-refractivity contribution in [3.05, 3.63) is 33.3 Å². The van der Waals surface area contributed by atoms with Gasteiger partial charge in [0.2, 0.25) is 0 Å². The molecular weight excluding hydrogens is 387 g/mol. The van der Waals surface area contributed by atoms with Crippen molar-refractivity contribution in [3.8, 4) is 0 Å². The Hall–Kier alpha value is -0.290. The van der Waals surface area contributed by atoms with E-state index in [0.717, 1.165) is 42.9 Å². The number of benzene rings is 1. The molecule has 1 aromatic carbocycles. The van der Waals surface area contributed by atoms with Gasteiger partial charge in [0.15, 0.2) is 0 Å². The zero-order chi connectivity index (χ0) is 14.8. The molecule has 1 heterocycles. The van der Waals surface area contributed by atoms with E-state index in [2.05, 4.69) is 21.2 Å². The summed E-state index contributed by atoms with van der Waals surface area (Å²) in [7, 11) is 0.